The van der Waals surface area contributed by atoms with E-state index in [1.165, 1.54) is 12.8 Å². The Morgan fingerprint density at radius 3 is 2.94 bits per heavy atom. The summed E-state index contributed by atoms with van der Waals surface area (Å²) in [6.07, 6.45) is 4.10. The molecule has 1 aliphatic heterocycles. The maximum absolute atomic E-state index is 8.76. The van der Waals surface area contributed by atoms with Crippen molar-refractivity contribution in [1.29, 1.82) is 5.26 Å². The van der Waals surface area contributed by atoms with E-state index in [-0.39, 0.29) is 6.23 Å². The first-order valence-corrected chi connectivity index (χ1v) is 5.56. The molecule has 0 radical (unpaired) electrons. The Bertz CT molecular complexity index is 393. The second-order valence-electron chi connectivity index (χ2n) is 3.95. The zero-order valence-corrected chi connectivity index (χ0v) is 9.39. The highest BCUT2D eigenvalue weighted by molar-refractivity contribution is 5.31. The van der Waals surface area contributed by atoms with Gasteiger partial charge in [0.25, 0.3) is 0 Å². The minimum Gasteiger partial charge on any atom is -0.459 e. The zero-order valence-electron chi connectivity index (χ0n) is 9.39. The average molecular weight is 217 g/mol. The van der Waals surface area contributed by atoms with Crippen LogP contribution >= 0.6 is 0 Å². The van der Waals surface area contributed by atoms with E-state index >= 15 is 0 Å². The Labute approximate surface area is 95.5 Å². The van der Waals surface area contributed by atoms with Gasteiger partial charge in [-0.05, 0) is 25.8 Å². The molecule has 2 heterocycles. The standard InChI is InChI=1S/C12H15N3O/c1-10(15-6-2-3-7-15)16-12-8-11(9-13)4-5-14-12/h4-5,8,10H,2-3,6-7H2,1H3. The third kappa shape index (κ3) is 2.50. The summed E-state index contributed by atoms with van der Waals surface area (Å²) in [5.74, 6) is 0.526. The van der Waals surface area contributed by atoms with Crippen molar-refractivity contribution in [3.05, 3.63) is 23.9 Å². The molecule has 0 N–H and O–H groups in total. The van der Waals surface area contributed by atoms with Gasteiger partial charge in [0.15, 0.2) is 6.23 Å². The molecule has 4 nitrogen and oxygen atoms in total. The van der Waals surface area contributed by atoms with Gasteiger partial charge in [0, 0.05) is 25.4 Å². The van der Waals surface area contributed by atoms with E-state index in [1.807, 2.05) is 6.92 Å². The minimum atomic E-state index is 0.0314. The van der Waals surface area contributed by atoms with E-state index in [1.54, 1.807) is 18.3 Å². The third-order valence-corrected chi connectivity index (χ3v) is 2.81. The van der Waals surface area contributed by atoms with Gasteiger partial charge < -0.3 is 4.74 Å². The number of nitriles is 1. The van der Waals surface area contributed by atoms with Crippen molar-refractivity contribution in [3.8, 4) is 11.9 Å². The molecule has 4 heteroatoms. The van der Waals surface area contributed by atoms with Crippen LogP contribution in [-0.4, -0.2) is 29.2 Å². The average Bonchev–Trinajstić information content (AvgIpc) is 2.83. The Balaban J connectivity index is 2.00. The van der Waals surface area contributed by atoms with Gasteiger partial charge in [0.05, 0.1) is 11.6 Å². The van der Waals surface area contributed by atoms with E-state index in [0.717, 1.165) is 13.1 Å². The van der Waals surface area contributed by atoms with Gasteiger partial charge in [-0.3, -0.25) is 4.90 Å². The van der Waals surface area contributed by atoms with Crippen LogP contribution in [0, 0.1) is 11.3 Å². The van der Waals surface area contributed by atoms with Gasteiger partial charge in [-0.1, -0.05) is 0 Å². The quantitative estimate of drug-likeness (QED) is 0.774. The van der Waals surface area contributed by atoms with Crippen LogP contribution in [0.1, 0.15) is 25.3 Å². The van der Waals surface area contributed by atoms with Crippen molar-refractivity contribution in [2.24, 2.45) is 0 Å². The summed E-state index contributed by atoms with van der Waals surface area (Å²) >= 11 is 0. The summed E-state index contributed by atoms with van der Waals surface area (Å²) in [4.78, 5) is 6.38. The Morgan fingerprint density at radius 2 is 2.25 bits per heavy atom. The number of pyridine rings is 1. The molecule has 1 aromatic rings. The van der Waals surface area contributed by atoms with Crippen molar-refractivity contribution in [2.75, 3.05) is 13.1 Å². The molecule has 1 aliphatic rings. The number of ether oxygens (including phenoxy) is 1. The molecule has 0 bridgehead atoms. The third-order valence-electron chi connectivity index (χ3n) is 2.81. The molecule has 0 amide bonds. The van der Waals surface area contributed by atoms with Gasteiger partial charge in [-0.25, -0.2) is 4.98 Å². The van der Waals surface area contributed by atoms with E-state index in [0.29, 0.717) is 11.4 Å². The smallest absolute Gasteiger partial charge is 0.216 e. The zero-order chi connectivity index (χ0) is 11.4. The molecule has 1 aromatic heterocycles. The first-order chi connectivity index (χ1) is 7.79. The van der Waals surface area contributed by atoms with Gasteiger partial charge >= 0.3 is 0 Å². The maximum atomic E-state index is 8.76. The van der Waals surface area contributed by atoms with Crippen molar-refractivity contribution in [3.63, 3.8) is 0 Å². The number of hydrogen-bond acceptors (Lipinski definition) is 4. The lowest BCUT2D eigenvalue weighted by atomic mass is 10.3. The molecule has 1 unspecified atom stereocenters. The summed E-state index contributed by atoms with van der Waals surface area (Å²) in [5.41, 5.74) is 0.582. The molecule has 1 saturated heterocycles. The summed E-state index contributed by atoms with van der Waals surface area (Å²) in [6, 6.07) is 5.42. The second-order valence-corrected chi connectivity index (χ2v) is 3.95. The summed E-state index contributed by atoms with van der Waals surface area (Å²) < 4.78 is 5.70. The Morgan fingerprint density at radius 1 is 1.50 bits per heavy atom. The molecule has 16 heavy (non-hydrogen) atoms. The summed E-state index contributed by atoms with van der Waals surface area (Å²) in [6.45, 7) is 4.18. The molecule has 84 valence electrons. The van der Waals surface area contributed by atoms with E-state index < -0.39 is 0 Å². The fraction of sp³-hybridized carbons (Fsp3) is 0.500. The number of nitrogens with zero attached hydrogens (tertiary/aromatic N) is 3. The molecule has 1 fully saturated rings. The van der Waals surface area contributed by atoms with Crippen molar-refractivity contribution < 1.29 is 4.74 Å². The molecule has 0 aliphatic carbocycles. The van der Waals surface area contributed by atoms with E-state index in [4.69, 9.17) is 10.00 Å². The highest BCUT2D eigenvalue weighted by atomic mass is 16.5. The molecule has 2 rings (SSSR count). The van der Waals surface area contributed by atoms with Gasteiger partial charge in [0.2, 0.25) is 5.88 Å². The SMILES string of the molecule is CC(Oc1cc(C#N)ccn1)N1CCCC1. The second kappa shape index (κ2) is 4.95. The molecule has 1 atom stereocenters. The van der Waals surface area contributed by atoms with Crippen LogP contribution in [0.15, 0.2) is 18.3 Å². The first kappa shape index (κ1) is 10.9. The number of rotatable bonds is 3. The number of likely N-dealkylation sites (tertiary alicyclic amines) is 1. The van der Waals surface area contributed by atoms with E-state index in [2.05, 4.69) is 16.0 Å². The van der Waals surface area contributed by atoms with Crippen LogP contribution < -0.4 is 4.74 Å². The highest BCUT2D eigenvalue weighted by Gasteiger charge is 2.19. The Kier molecular flexibility index (Phi) is 3.37. The van der Waals surface area contributed by atoms with Crippen LogP contribution in [0.2, 0.25) is 0 Å². The number of aromatic nitrogens is 1. The van der Waals surface area contributed by atoms with Crippen molar-refractivity contribution in [2.45, 2.75) is 26.0 Å². The lowest BCUT2D eigenvalue weighted by Gasteiger charge is -2.23. The van der Waals surface area contributed by atoms with Crippen LogP contribution in [0.4, 0.5) is 0 Å². The predicted molar refractivity (Wildman–Crippen MR) is 59.8 cm³/mol. The normalized spacial score (nSPS) is 18.0. The van der Waals surface area contributed by atoms with Gasteiger partial charge in [-0.15, -0.1) is 0 Å². The number of hydrogen-bond donors (Lipinski definition) is 0. The molecule has 0 saturated carbocycles. The fourth-order valence-corrected chi connectivity index (χ4v) is 1.90. The minimum absolute atomic E-state index is 0.0314. The molecular weight excluding hydrogens is 202 g/mol. The van der Waals surface area contributed by atoms with Crippen molar-refractivity contribution in [1.82, 2.24) is 9.88 Å². The van der Waals surface area contributed by atoms with Gasteiger partial charge in [0.1, 0.15) is 0 Å². The monoisotopic (exact) mass is 217 g/mol. The van der Waals surface area contributed by atoms with E-state index in [9.17, 15) is 0 Å². The topological polar surface area (TPSA) is 49.1 Å². The lowest BCUT2D eigenvalue weighted by molar-refractivity contribution is 0.0551. The first-order valence-electron chi connectivity index (χ1n) is 5.56. The fourth-order valence-electron chi connectivity index (χ4n) is 1.90. The largest absolute Gasteiger partial charge is 0.459 e. The maximum Gasteiger partial charge on any atom is 0.216 e. The van der Waals surface area contributed by atoms with Crippen LogP contribution in [0.25, 0.3) is 0 Å². The predicted octanol–water partition coefficient (Wildman–Crippen LogP) is 1.77. The van der Waals surface area contributed by atoms with Crippen molar-refractivity contribution >= 4 is 0 Å². The van der Waals surface area contributed by atoms with Gasteiger partial charge in [-0.2, -0.15) is 5.26 Å². The molecular formula is C12H15N3O. The Hall–Kier alpha value is -1.60. The lowest BCUT2D eigenvalue weighted by Crippen LogP contribution is -2.34. The summed E-state index contributed by atoms with van der Waals surface area (Å²) in [5, 5.41) is 8.76. The van der Waals surface area contributed by atoms with Crippen LogP contribution in [0.3, 0.4) is 0 Å². The molecule has 0 aromatic carbocycles. The van der Waals surface area contributed by atoms with Crippen LogP contribution in [0.5, 0.6) is 5.88 Å². The highest BCUT2D eigenvalue weighted by Crippen LogP contribution is 2.16. The van der Waals surface area contributed by atoms with Crippen LogP contribution in [-0.2, 0) is 0 Å². The molecule has 0 spiro atoms. The summed E-state index contributed by atoms with van der Waals surface area (Å²) in [7, 11) is 0.